The van der Waals surface area contributed by atoms with E-state index in [-0.39, 0.29) is 24.7 Å². The van der Waals surface area contributed by atoms with Crippen molar-refractivity contribution in [3.63, 3.8) is 0 Å². The summed E-state index contributed by atoms with van der Waals surface area (Å²) < 4.78 is 57.8. The molecule has 1 fully saturated rings. The van der Waals surface area contributed by atoms with Crippen molar-refractivity contribution >= 4 is 21.6 Å². The van der Waals surface area contributed by atoms with Gasteiger partial charge in [0.25, 0.3) is 0 Å². The summed E-state index contributed by atoms with van der Waals surface area (Å²) in [6, 6.07) is 0. The molecule has 1 atom stereocenters. The van der Waals surface area contributed by atoms with Gasteiger partial charge in [-0.15, -0.1) is 0 Å². The third-order valence-corrected chi connectivity index (χ3v) is 6.20. The van der Waals surface area contributed by atoms with E-state index in [9.17, 15) is 8.42 Å². The molecular weight excluding hydrogens is 414 g/mol. The fraction of sp³-hybridized carbons (Fsp3) is 1.00. The van der Waals surface area contributed by atoms with E-state index in [0.29, 0.717) is 59.5 Å². The molecule has 0 spiro atoms. The summed E-state index contributed by atoms with van der Waals surface area (Å²) in [5.74, 6) is -0.271. The summed E-state index contributed by atoms with van der Waals surface area (Å²) in [6.45, 7) is 7.76. The highest BCUT2D eigenvalue weighted by Crippen LogP contribution is 2.11. The summed E-state index contributed by atoms with van der Waals surface area (Å²) in [5, 5.41) is 0. The zero-order valence-corrected chi connectivity index (χ0v) is 18.4. The molecule has 0 aromatic heterocycles. The third-order valence-electron chi connectivity index (χ3n) is 3.65. The zero-order chi connectivity index (χ0) is 20.7. The van der Waals surface area contributed by atoms with Crippen molar-refractivity contribution in [2.24, 2.45) is 0 Å². The van der Waals surface area contributed by atoms with Gasteiger partial charge in [0.15, 0.2) is 9.84 Å². The van der Waals surface area contributed by atoms with Gasteiger partial charge in [-0.05, 0) is 25.6 Å². The lowest BCUT2D eigenvalue weighted by molar-refractivity contribution is -0.0541. The van der Waals surface area contributed by atoms with Gasteiger partial charge in [0, 0.05) is 5.54 Å². The van der Waals surface area contributed by atoms with E-state index in [1.807, 2.05) is 0 Å². The van der Waals surface area contributed by atoms with Crippen LogP contribution in [-0.4, -0.2) is 104 Å². The molecule has 1 aliphatic heterocycles. The molecule has 0 bridgehead atoms. The first-order valence-corrected chi connectivity index (χ1v) is 11.6. The second-order valence-corrected chi connectivity index (χ2v) is 9.35. The van der Waals surface area contributed by atoms with Gasteiger partial charge in [0.2, 0.25) is 0 Å². The van der Waals surface area contributed by atoms with E-state index >= 15 is 0 Å². The van der Waals surface area contributed by atoms with Gasteiger partial charge in [0.1, 0.15) is 0 Å². The molecule has 11 heteroatoms. The van der Waals surface area contributed by atoms with Crippen LogP contribution in [-0.2, 0) is 38.3 Å². The molecule has 1 aliphatic rings. The number of hydrogen-bond donors (Lipinski definition) is 1. The van der Waals surface area contributed by atoms with Crippen molar-refractivity contribution in [3.05, 3.63) is 0 Å². The number of rotatable bonds is 5. The molecule has 0 aromatic rings. The van der Waals surface area contributed by atoms with Crippen molar-refractivity contribution in [2.75, 3.05) is 84.2 Å². The van der Waals surface area contributed by atoms with Crippen LogP contribution in [0.25, 0.3) is 0 Å². The van der Waals surface area contributed by atoms with Gasteiger partial charge < -0.3 is 28.4 Å². The summed E-state index contributed by atoms with van der Waals surface area (Å²) in [4.78, 5) is 2.49. The maximum Gasteiger partial charge on any atom is 0.154 e. The Kier molecular flexibility index (Phi) is 13.8. The minimum absolute atomic E-state index is 0.111. The SMILES string of the molecule is CC(C)(CS(=O)(=O)CC1COCCOCCOCCOCCOCCO1)NCl. The molecule has 1 N–H and O–H groups in total. The van der Waals surface area contributed by atoms with Gasteiger partial charge in [-0.3, -0.25) is 0 Å². The second-order valence-electron chi connectivity index (χ2n) is 7.05. The first-order valence-electron chi connectivity index (χ1n) is 9.43. The quantitative estimate of drug-likeness (QED) is 0.600. The Morgan fingerprint density at radius 3 is 1.71 bits per heavy atom. The summed E-state index contributed by atoms with van der Waals surface area (Å²) in [7, 11) is -3.41. The Morgan fingerprint density at radius 1 is 0.821 bits per heavy atom. The van der Waals surface area contributed by atoms with Crippen LogP contribution in [0.5, 0.6) is 0 Å². The number of sulfone groups is 1. The fourth-order valence-electron chi connectivity index (χ4n) is 2.43. The Bertz CT molecular complexity index is 474. The second kappa shape index (κ2) is 14.9. The third kappa shape index (κ3) is 14.0. The molecule has 0 amide bonds. The number of nitrogens with one attached hydrogen (secondary N) is 1. The number of hydrogen-bond acceptors (Lipinski definition) is 9. The van der Waals surface area contributed by atoms with E-state index in [1.54, 1.807) is 13.8 Å². The van der Waals surface area contributed by atoms with Crippen LogP contribution in [0, 0.1) is 0 Å². The maximum atomic E-state index is 12.5. The van der Waals surface area contributed by atoms with Gasteiger partial charge >= 0.3 is 0 Å². The molecule has 28 heavy (non-hydrogen) atoms. The molecular formula is C17H34ClNO8S. The van der Waals surface area contributed by atoms with Crippen LogP contribution < -0.4 is 4.84 Å². The van der Waals surface area contributed by atoms with Crippen LogP contribution in [0.2, 0.25) is 0 Å². The minimum atomic E-state index is -3.41. The van der Waals surface area contributed by atoms with Crippen molar-refractivity contribution < 1.29 is 36.8 Å². The van der Waals surface area contributed by atoms with Crippen LogP contribution in [0.4, 0.5) is 0 Å². The molecule has 1 unspecified atom stereocenters. The molecule has 9 nitrogen and oxygen atoms in total. The number of halogens is 1. The van der Waals surface area contributed by atoms with E-state index < -0.39 is 21.5 Å². The lowest BCUT2D eigenvalue weighted by atomic mass is 10.1. The predicted molar refractivity (Wildman–Crippen MR) is 106 cm³/mol. The lowest BCUT2D eigenvalue weighted by Crippen LogP contribution is -2.43. The van der Waals surface area contributed by atoms with Crippen molar-refractivity contribution in [3.8, 4) is 0 Å². The van der Waals surface area contributed by atoms with E-state index in [1.165, 1.54) is 0 Å². The maximum absolute atomic E-state index is 12.5. The minimum Gasteiger partial charge on any atom is -0.377 e. The van der Waals surface area contributed by atoms with Gasteiger partial charge in [-0.2, -0.15) is 0 Å². The normalized spacial score (nSPS) is 23.6. The van der Waals surface area contributed by atoms with E-state index in [2.05, 4.69) is 4.84 Å². The fourth-order valence-corrected chi connectivity index (χ4v) is 4.63. The molecule has 0 saturated carbocycles. The van der Waals surface area contributed by atoms with Crippen LogP contribution >= 0.6 is 11.8 Å². The molecule has 1 heterocycles. The molecule has 1 saturated heterocycles. The largest absolute Gasteiger partial charge is 0.377 e. The molecule has 0 aromatic carbocycles. The van der Waals surface area contributed by atoms with Crippen LogP contribution in [0.3, 0.4) is 0 Å². The topological polar surface area (TPSA) is 102 Å². The Hall–Kier alpha value is -0.0400. The van der Waals surface area contributed by atoms with Crippen molar-refractivity contribution in [2.45, 2.75) is 25.5 Å². The van der Waals surface area contributed by atoms with Gasteiger partial charge in [0.05, 0.1) is 90.3 Å². The molecule has 0 aliphatic carbocycles. The number of ether oxygens (including phenoxy) is 6. The van der Waals surface area contributed by atoms with Crippen LogP contribution in [0.15, 0.2) is 0 Å². The van der Waals surface area contributed by atoms with Gasteiger partial charge in [-0.25, -0.2) is 13.3 Å². The molecule has 1 rings (SSSR count). The average molecular weight is 448 g/mol. The molecule has 0 radical (unpaired) electrons. The predicted octanol–water partition coefficient (Wildman–Crippen LogP) is 0.405. The summed E-state index contributed by atoms with van der Waals surface area (Å²) >= 11 is 5.62. The zero-order valence-electron chi connectivity index (χ0n) is 16.8. The average Bonchev–Trinajstić information content (AvgIpc) is 2.62. The summed E-state index contributed by atoms with van der Waals surface area (Å²) in [5.41, 5.74) is -0.740. The van der Waals surface area contributed by atoms with Crippen LogP contribution in [0.1, 0.15) is 13.8 Å². The van der Waals surface area contributed by atoms with Crippen molar-refractivity contribution in [1.82, 2.24) is 4.84 Å². The van der Waals surface area contributed by atoms with Gasteiger partial charge in [-0.1, -0.05) is 0 Å². The Labute approximate surface area is 173 Å². The highest BCUT2D eigenvalue weighted by Gasteiger charge is 2.28. The highest BCUT2D eigenvalue weighted by atomic mass is 35.5. The summed E-state index contributed by atoms with van der Waals surface area (Å²) in [6.07, 6.45) is -0.599. The Morgan fingerprint density at radius 2 is 1.25 bits per heavy atom. The smallest absolute Gasteiger partial charge is 0.154 e. The lowest BCUT2D eigenvalue weighted by Gasteiger charge is -2.24. The first kappa shape index (κ1) is 26.0. The monoisotopic (exact) mass is 447 g/mol. The van der Waals surface area contributed by atoms with Crippen molar-refractivity contribution in [1.29, 1.82) is 0 Å². The standard InChI is InChI=1S/C17H34ClNO8S/c1-17(2,19-18)15-28(20,21)14-16-13-26-10-9-24-6-5-22-3-4-23-7-8-25-11-12-27-16/h16,19H,3-15H2,1-2H3. The van der Waals surface area contributed by atoms with E-state index in [0.717, 1.165) is 0 Å². The van der Waals surface area contributed by atoms with E-state index in [4.69, 9.17) is 40.2 Å². The Balaban J connectivity index is 2.50. The first-order chi connectivity index (χ1) is 13.3. The molecule has 168 valence electrons. The highest BCUT2D eigenvalue weighted by molar-refractivity contribution is 7.91.